The first-order chi connectivity index (χ1) is 11.2. The van der Waals surface area contributed by atoms with Gasteiger partial charge in [-0.2, -0.15) is 10.2 Å². The average molecular weight is 310 g/mol. The quantitative estimate of drug-likeness (QED) is 0.783. The standard InChI is InChI=1S/C18H22N4O/c1-2-3-11-18(20-21-18)12-10-17(23)19-15-6-8-16(9-7-15)22-13-4-5-14-22/h1,6-9H,3-5,10-14H2,(H,19,23). The second-order valence-corrected chi connectivity index (χ2v) is 6.18. The van der Waals surface area contributed by atoms with Crippen molar-refractivity contribution in [3.05, 3.63) is 24.3 Å². The molecule has 1 aromatic rings. The molecule has 2 heterocycles. The number of anilines is 2. The lowest BCUT2D eigenvalue weighted by Gasteiger charge is -2.17. The van der Waals surface area contributed by atoms with Crippen LogP contribution in [0, 0.1) is 12.3 Å². The van der Waals surface area contributed by atoms with Crippen molar-refractivity contribution in [2.24, 2.45) is 10.2 Å². The zero-order valence-corrected chi connectivity index (χ0v) is 13.3. The largest absolute Gasteiger partial charge is 0.372 e. The van der Waals surface area contributed by atoms with Gasteiger partial charge in [0, 0.05) is 50.1 Å². The first-order valence-corrected chi connectivity index (χ1v) is 8.23. The highest BCUT2D eigenvalue weighted by Gasteiger charge is 2.39. The summed E-state index contributed by atoms with van der Waals surface area (Å²) in [6.07, 6.45) is 10.2. The summed E-state index contributed by atoms with van der Waals surface area (Å²) in [4.78, 5) is 14.4. The van der Waals surface area contributed by atoms with Gasteiger partial charge in [-0.3, -0.25) is 4.79 Å². The predicted octanol–water partition coefficient (Wildman–Crippen LogP) is 3.58. The Hall–Kier alpha value is -2.35. The highest BCUT2D eigenvalue weighted by Crippen LogP contribution is 2.37. The maximum atomic E-state index is 12.1. The number of hydrogen-bond donors (Lipinski definition) is 1. The van der Waals surface area contributed by atoms with Gasteiger partial charge in [0.2, 0.25) is 5.91 Å². The molecule has 1 saturated heterocycles. The summed E-state index contributed by atoms with van der Waals surface area (Å²) in [6.45, 7) is 2.25. The van der Waals surface area contributed by atoms with Crippen molar-refractivity contribution >= 4 is 17.3 Å². The fourth-order valence-corrected chi connectivity index (χ4v) is 2.94. The van der Waals surface area contributed by atoms with E-state index in [1.807, 2.05) is 12.1 Å². The minimum absolute atomic E-state index is 0.00342. The van der Waals surface area contributed by atoms with E-state index in [0.29, 0.717) is 19.3 Å². The van der Waals surface area contributed by atoms with E-state index < -0.39 is 0 Å². The maximum absolute atomic E-state index is 12.1. The van der Waals surface area contributed by atoms with Gasteiger partial charge >= 0.3 is 0 Å². The van der Waals surface area contributed by atoms with Gasteiger partial charge in [-0.1, -0.05) is 0 Å². The van der Waals surface area contributed by atoms with Crippen LogP contribution < -0.4 is 10.2 Å². The smallest absolute Gasteiger partial charge is 0.224 e. The molecule has 5 nitrogen and oxygen atoms in total. The molecule has 0 aromatic heterocycles. The third kappa shape index (κ3) is 4.10. The lowest BCUT2D eigenvalue weighted by atomic mass is 10.0. The molecule has 5 heteroatoms. The summed E-state index contributed by atoms with van der Waals surface area (Å²) in [6, 6.07) is 8.07. The molecule has 1 amide bonds. The summed E-state index contributed by atoms with van der Waals surface area (Å²) >= 11 is 0. The molecule has 0 bridgehead atoms. The molecule has 2 aliphatic heterocycles. The Morgan fingerprint density at radius 1 is 1.22 bits per heavy atom. The monoisotopic (exact) mass is 310 g/mol. The third-order valence-electron chi connectivity index (χ3n) is 4.43. The van der Waals surface area contributed by atoms with E-state index in [1.165, 1.54) is 18.5 Å². The molecular formula is C18H22N4O. The van der Waals surface area contributed by atoms with Gasteiger partial charge in [0.15, 0.2) is 5.66 Å². The molecule has 23 heavy (non-hydrogen) atoms. The van der Waals surface area contributed by atoms with Crippen LogP contribution in [-0.4, -0.2) is 24.7 Å². The van der Waals surface area contributed by atoms with E-state index in [2.05, 4.69) is 38.5 Å². The molecule has 1 aromatic carbocycles. The summed E-state index contributed by atoms with van der Waals surface area (Å²) in [5.41, 5.74) is 1.67. The molecule has 0 radical (unpaired) electrons. The molecule has 0 spiro atoms. The van der Waals surface area contributed by atoms with Crippen LogP contribution in [0.15, 0.2) is 34.5 Å². The van der Waals surface area contributed by atoms with Crippen molar-refractivity contribution in [3.8, 4) is 12.3 Å². The molecule has 2 aliphatic rings. The fraction of sp³-hybridized carbons (Fsp3) is 0.500. The number of amides is 1. The number of carbonyl (C=O) groups excluding carboxylic acids is 1. The van der Waals surface area contributed by atoms with E-state index in [-0.39, 0.29) is 11.6 Å². The highest BCUT2D eigenvalue weighted by molar-refractivity contribution is 5.90. The molecule has 0 unspecified atom stereocenters. The predicted molar refractivity (Wildman–Crippen MR) is 91.4 cm³/mol. The molecule has 0 aliphatic carbocycles. The summed E-state index contributed by atoms with van der Waals surface area (Å²) in [5, 5.41) is 11.0. The number of carbonyl (C=O) groups is 1. The Labute approximate surface area is 137 Å². The SMILES string of the molecule is C#CCCC1(CCC(=O)Nc2ccc(N3CCCC3)cc2)N=N1. The topological polar surface area (TPSA) is 57.1 Å². The van der Waals surface area contributed by atoms with Crippen LogP contribution in [0.3, 0.4) is 0 Å². The number of nitrogens with one attached hydrogen (secondary N) is 1. The van der Waals surface area contributed by atoms with E-state index in [4.69, 9.17) is 6.42 Å². The molecule has 120 valence electrons. The minimum atomic E-state index is -0.386. The van der Waals surface area contributed by atoms with Crippen LogP contribution in [0.2, 0.25) is 0 Å². The Morgan fingerprint density at radius 2 is 1.91 bits per heavy atom. The van der Waals surface area contributed by atoms with Crippen molar-refractivity contribution in [2.75, 3.05) is 23.3 Å². The van der Waals surface area contributed by atoms with E-state index in [1.54, 1.807) is 0 Å². The molecule has 0 atom stereocenters. The fourth-order valence-electron chi connectivity index (χ4n) is 2.94. The molecule has 1 N–H and O–H groups in total. The average Bonchev–Trinajstić information content (AvgIpc) is 3.12. The second kappa shape index (κ2) is 6.82. The number of hydrogen-bond acceptors (Lipinski definition) is 4. The second-order valence-electron chi connectivity index (χ2n) is 6.18. The van der Waals surface area contributed by atoms with Crippen molar-refractivity contribution in [1.82, 2.24) is 0 Å². The van der Waals surface area contributed by atoms with Gasteiger partial charge < -0.3 is 10.2 Å². The number of benzene rings is 1. The number of nitrogens with zero attached hydrogens (tertiary/aromatic N) is 3. The first-order valence-electron chi connectivity index (χ1n) is 8.23. The van der Waals surface area contributed by atoms with Crippen LogP contribution in [0.5, 0.6) is 0 Å². The van der Waals surface area contributed by atoms with E-state index >= 15 is 0 Å². The molecule has 1 fully saturated rings. The first kappa shape index (κ1) is 15.5. The van der Waals surface area contributed by atoms with Crippen LogP contribution in [0.1, 0.15) is 38.5 Å². The lowest BCUT2D eigenvalue weighted by Crippen LogP contribution is -2.18. The van der Waals surface area contributed by atoms with Gasteiger partial charge in [0.1, 0.15) is 0 Å². The zero-order valence-electron chi connectivity index (χ0n) is 13.3. The van der Waals surface area contributed by atoms with Crippen molar-refractivity contribution in [3.63, 3.8) is 0 Å². The third-order valence-corrected chi connectivity index (χ3v) is 4.43. The Bertz CT molecular complexity index is 617. The van der Waals surface area contributed by atoms with Crippen LogP contribution >= 0.6 is 0 Å². The normalized spacial score (nSPS) is 17.8. The zero-order chi connectivity index (χ0) is 16.1. The van der Waals surface area contributed by atoms with E-state index in [0.717, 1.165) is 25.2 Å². The summed E-state index contributed by atoms with van der Waals surface area (Å²) in [7, 11) is 0. The number of terminal acetylenes is 1. The van der Waals surface area contributed by atoms with Crippen molar-refractivity contribution in [1.29, 1.82) is 0 Å². The number of rotatable bonds is 7. The van der Waals surface area contributed by atoms with Crippen LogP contribution in [0.25, 0.3) is 0 Å². The summed E-state index contributed by atoms with van der Waals surface area (Å²) < 4.78 is 0. The molecule has 0 saturated carbocycles. The Kier molecular flexibility index (Phi) is 4.61. The molecule has 3 rings (SSSR count). The van der Waals surface area contributed by atoms with Crippen LogP contribution in [0.4, 0.5) is 11.4 Å². The van der Waals surface area contributed by atoms with Gasteiger partial charge in [-0.05, 0) is 37.1 Å². The van der Waals surface area contributed by atoms with Crippen LogP contribution in [-0.2, 0) is 4.79 Å². The Morgan fingerprint density at radius 3 is 2.52 bits per heavy atom. The van der Waals surface area contributed by atoms with E-state index in [9.17, 15) is 4.79 Å². The van der Waals surface area contributed by atoms with Gasteiger partial charge in [0.05, 0.1) is 0 Å². The minimum Gasteiger partial charge on any atom is -0.372 e. The van der Waals surface area contributed by atoms with Crippen molar-refractivity contribution in [2.45, 2.75) is 44.2 Å². The van der Waals surface area contributed by atoms with Gasteiger partial charge in [0.25, 0.3) is 0 Å². The van der Waals surface area contributed by atoms with Gasteiger partial charge in [-0.15, -0.1) is 12.3 Å². The summed E-state index contributed by atoms with van der Waals surface area (Å²) in [5.74, 6) is 2.59. The van der Waals surface area contributed by atoms with Gasteiger partial charge in [-0.25, -0.2) is 0 Å². The highest BCUT2D eigenvalue weighted by atomic mass is 16.1. The lowest BCUT2D eigenvalue weighted by molar-refractivity contribution is -0.116. The Balaban J connectivity index is 1.45. The maximum Gasteiger partial charge on any atom is 0.224 e. The molecular weight excluding hydrogens is 288 g/mol. The van der Waals surface area contributed by atoms with Crippen molar-refractivity contribution < 1.29 is 4.79 Å².